The Hall–Kier alpha value is -2.72. The Bertz CT molecular complexity index is 1100. The van der Waals surface area contributed by atoms with E-state index in [-0.39, 0.29) is 10.8 Å². The van der Waals surface area contributed by atoms with Crippen LogP contribution in [-0.4, -0.2) is 53.0 Å². The van der Waals surface area contributed by atoms with Crippen LogP contribution in [0.25, 0.3) is 0 Å². The van der Waals surface area contributed by atoms with Crippen LogP contribution in [0.5, 0.6) is 0 Å². The number of carbonyl (C=O) groups excluding carboxylic acids is 1. The van der Waals surface area contributed by atoms with Crippen LogP contribution < -0.4 is 16.4 Å². The maximum Gasteiger partial charge on any atom is 0.254 e. The van der Waals surface area contributed by atoms with Crippen molar-refractivity contribution in [2.45, 2.75) is 55.7 Å². The third-order valence-electron chi connectivity index (χ3n) is 6.37. The fraction of sp³-hybridized carbons (Fsp3) is 0.500. The highest BCUT2D eigenvalue weighted by Gasteiger charge is 2.41. The van der Waals surface area contributed by atoms with Gasteiger partial charge in [-0.1, -0.05) is 12.1 Å². The summed E-state index contributed by atoms with van der Waals surface area (Å²) in [5.41, 5.74) is 7.77. The summed E-state index contributed by atoms with van der Waals surface area (Å²) in [4.78, 5) is 20.3. The second kappa shape index (κ2) is 8.32. The summed E-state index contributed by atoms with van der Waals surface area (Å²) in [6.45, 7) is 1.20. The second-order valence-electron chi connectivity index (χ2n) is 8.90. The van der Waals surface area contributed by atoms with Crippen LogP contribution in [0, 0.1) is 0 Å². The molecule has 1 aromatic carbocycles. The van der Waals surface area contributed by atoms with Crippen LogP contribution in [0.2, 0.25) is 0 Å². The van der Waals surface area contributed by atoms with Gasteiger partial charge in [-0.3, -0.25) is 4.79 Å². The number of hydrogen-bond donors (Lipinski definition) is 3. The molecule has 2 aliphatic carbocycles. The van der Waals surface area contributed by atoms with Crippen LogP contribution in [-0.2, 0) is 10.0 Å². The van der Waals surface area contributed by atoms with E-state index in [2.05, 4.69) is 32.7 Å². The molecule has 1 amide bonds. The highest BCUT2D eigenvalue weighted by molar-refractivity contribution is 7.90. The van der Waals surface area contributed by atoms with Gasteiger partial charge >= 0.3 is 0 Å². The normalized spacial score (nSPS) is 20.1. The lowest BCUT2D eigenvalue weighted by Gasteiger charge is -2.31. The van der Waals surface area contributed by atoms with E-state index >= 15 is 0 Å². The monoisotopic (exact) mass is 456 g/mol. The van der Waals surface area contributed by atoms with E-state index in [4.69, 9.17) is 5.73 Å². The zero-order valence-corrected chi connectivity index (χ0v) is 18.6. The van der Waals surface area contributed by atoms with Gasteiger partial charge in [0.2, 0.25) is 16.0 Å². The molecule has 4 N–H and O–H groups in total. The largest absolute Gasteiger partial charge is 0.367 e. The zero-order valence-electron chi connectivity index (χ0n) is 17.8. The lowest BCUT2D eigenvalue weighted by Crippen LogP contribution is -2.39. The fourth-order valence-electron chi connectivity index (χ4n) is 4.14. The number of nitrogens with two attached hydrogens (primary N) is 1. The molecule has 3 fully saturated rings. The number of nitrogens with zero attached hydrogens (tertiary/aromatic N) is 3. The van der Waals surface area contributed by atoms with Gasteiger partial charge in [0.15, 0.2) is 0 Å². The summed E-state index contributed by atoms with van der Waals surface area (Å²) in [6.07, 6.45) is 6.85. The number of piperidine rings is 1. The number of carbonyl (C=O) groups is 1. The van der Waals surface area contributed by atoms with Crippen molar-refractivity contribution < 1.29 is 13.2 Å². The van der Waals surface area contributed by atoms with Crippen molar-refractivity contribution in [1.82, 2.24) is 14.3 Å². The maximum absolute atomic E-state index is 12.4. The number of rotatable bonds is 8. The predicted octanol–water partition coefficient (Wildman–Crippen LogP) is 2.57. The molecule has 1 aromatic heterocycles. The van der Waals surface area contributed by atoms with Crippen molar-refractivity contribution in [2.75, 3.05) is 23.7 Å². The number of hydrogen-bond acceptors (Lipinski definition) is 7. The number of sulfonamides is 1. The Balaban J connectivity index is 1.22. The molecule has 1 aliphatic heterocycles. The predicted molar refractivity (Wildman–Crippen MR) is 122 cm³/mol. The Morgan fingerprint density at radius 3 is 2.31 bits per heavy atom. The number of benzene rings is 1. The fourth-order valence-corrected chi connectivity index (χ4v) is 6.01. The minimum absolute atomic E-state index is 0.136. The standard InChI is InChI=1S/C22H28N6O3S/c23-20(29)19-13-24-22(27-21(19)25-16-5-6-16)26-17-3-1-14(2-4-17)15-9-11-28(12-10-15)32(30,31)18-7-8-18/h1-4,13,15-16,18H,5-12H2,(H2,23,29)(H2,24,25,26,27). The van der Waals surface area contributed by atoms with E-state index in [9.17, 15) is 13.2 Å². The van der Waals surface area contributed by atoms with Crippen LogP contribution in [0.15, 0.2) is 30.5 Å². The van der Waals surface area contributed by atoms with Crippen molar-refractivity contribution in [3.63, 3.8) is 0 Å². The van der Waals surface area contributed by atoms with Crippen LogP contribution in [0.1, 0.15) is 60.4 Å². The Morgan fingerprint density at radius 1 is 1.03 bits per heavy atom. The molecule has 10 heteroatoms. The SMILES string of the molecule is NC(=O)c1cnc(Nc2ccc(C3CCN(S(=O)(=O)C4CC4)CC3)cc2)nc1NC1CC1. The first-order valence-electron chi connectivity index (χ1n) is 11.2. The first-order chi connectivity index (χ1) is 15.4. The third-order valence-corrected chi connectivity index (χ3v) is 8.77. The van der Waals surface area contributed by atoms with Gasteiger partial charge < -0.3 is 16.4 Å². The molecule has 5 rings (SSSR count). The molecule has 3 aliphatic rings. The lowest BCUT2D eigenvalue weighted by molar-refractivity contribution is 0.100. The van der Waals surface area contributed by atoms with Gasteiger partial charge in [0.05, 0.1) is 10.8 Å². The summed E-state index contributed by atoms with van der Waals surface area (Å²) < 4.78 is 26.5. The van der Waals surface area contributed by atoms with E-state index in [1.807, 2.05) is 12.1 Å². The van der Waals surface area contributed by atoms with Crippen LogP contribution in [0.4, 0.5) is 17.5 Å². The smallest absolute Gasteiger partial charge is 0.254 e. The lowest BCUT2D eigenvalue weighted by atomic mass is 9.90. The summed E-state index contributed by atoms with van der Waals surface area (Å²) >= 11 is 0. The summed E-state index contributed by atoms with van der Waals surface area (Å²) in [5, 5.41) is 6.27. The molecule has 1 saturated heterocycles. The van der Waals surface area contributed by atoms with Crippen molar-refractivity contribution in [3.05, 3.63) is 41.6 Å². The summed E-state index contributed by atoms with van der Waals surface area (Å²) in [5.74, 6) is 0.654. The van der Waals surface area contributed by atoms with Gasteiger partial charge in [-0.05, 0) is 62.1 Å². The molecule has 170 valence electrons. The first kappa shape index (κ1) is 21.1. The van der Waals surface area contributed by atoms with Crippen LogP contribution >= 0.6 is 0 Å². The van der Waals surface area contributed by atoms with Gasteiger partial charge in [0.1, 0.15) is 5.82 Å². The molecule has 32 heavy (non-hydrogen) atoms. The molecule has 2 heterocycles. The highest BCUT2D eigenvalue weighted by Crippen LogP contribution is 2.35. The molecule has 9 nitrogen and oxygen atoms in total. The van der Waals surface area contributed by atoms with Gasteiger partial charge in [0, 0.05) is 31.0 Å². The quantitative estimate of drug-likeness (QED) is 0.556. The minimum atomic E-state index is -3.08. The molecule has 0 radical (unpaired) electrons. The molecule has 2 aromatic rings. The van der Waals surface area contributed by atoms with Gasteiger partial charge in [-0.15, -0.1) is 0 Å². The number of nitrogens with one attached hydrogen (secondary N) is 2. The van der Waals surface area contributed by atoms with E-state index in [1.165, 1.54) is 11.8 Å². The second-order valence-corrected chi connectivity index (χ2v) is 11.1. The number of primary amides is 1. The summed E-state index contributed by atoms with van der Waals surface area (Å²) in [7, 11) is -3.08. The Kier molecular flexibility index (Phi) is 5.50. The molecule has 0 unspecified atom stereocenters. The van der Waals surface area contributed by atoms with Crippen molar-refractivity contribution in [3.8, 4) is 0 Å². The van der Waals surface area contributed by atoms with Crippen molar-refractivity contribution >= 4 is 33.4 Å². The van der Waals surface area contributed by atoms with Gasteiger partial charge in [-0.25, -0.2) is 17.7 Å². The van der Waals surface area contributed by atoms with Gasteiger partial charge in [-0.2, -0.15) is 4.98 Å². The molecular formula is C22H28N6O3S. The van der Waals surface area contributed by atoms with Crippen LogP contribution in [0.3, 0.4) is 0 Å². The zero-order chi connectivity index (χ0) is 22.3. The first-order valence-corrected chi connectivity index (χ1v) is 12.7. The Morgan fingerprint density at radius 2 is 1.72 bits per heavy atom. The minimum Gasteiger partial charge on any atom is -0.367 e. The number of aromatic nitrogens is 2. The average molecular weight is 457 g/mol. The summed E-state index contributed by atoms with van der Waals surface area (Å²) in [6, 6.07) is 8.42. The Labute approximate surface area is 187 Å². The topological polar surface area (TPSA) is 130 Å². The maximum atomic E-state index is 12.4. The van der Waals surface area contributed by atoms with Crippen molar-refractivity contribution in [1.29, 1.82) is 0 Å². The molecule has 2 saturated carbocycles. The van der Waals surface area contributed by atoms with E-state index in [0.717, 1.165) is 44.2 Å². The molecule has 0 spiro atoms. The number of anilines is 3. The van der Waals surface area contributed by atoms with E-state index in [0.29, 0.717) is 36.8 Å². The van der Waals surface area contributed by atoms with Crippen molar-refractivity contribution in [2.24, 2.45) is 5.73 Å². The average Bonchev–Trinajstić information content (AvgIpc) is 3.68. The highest BCUT2D eigenvalue weighted by atomic mass is 32.2. The van der Waals surface area contributed by atoms with Gasteiger partial charge in [0.25, 0.3) is 5.91 Å². The molecular weight excluding hydrogens is 428 g/mol. The molecule has 0 bridgehead atoms. The van der Waals surface area contributed by atoms with E-state index in [1.54, 1.807) is 4.31 Å². The third kappa shape index (κ3) is 4.56. The van der Waals surface area contributed by atoms with E-state index < -0.39 is 15.9 Å². The molecule has 0 atom stereocenters. The number of amides is 1.